The SMILES string of the molecule is O=C1Nc2ccccc2[C@]12ON=C(c1ccc(Cl)cc1)N2c1cccc(Cl)c1. The normalized spacial score (nSPS) is 20.0. The first-order chi connectivity index (χ1) is 13.6. The molecule has 2 aliphatic heterocycles. The maximum absolute atomic E-state index is 13.1. The molecule has 3 aromatic carbocycles. The summed E-state index contributed by atoms with van der Waals surface area (Å²) >= 11 is 12.3. The number of halogens is 2. The minimum Gasteiger partial charge on any atom is -0.349 e. The maximum Gasteiger partial charge on any atom is 0.322 e. The van der Waals surface area contributed by atoms with Crippen molar-refractivity contribution in [1.82, 2.24) is 0 Å². The summed E-state index contributed by atoms with van der Waals surface area (Å²) < 4.78 is 0. The molecule has 1 atom stereocenters. The Morgan fingerprint density at radius 2 is 1.71 bits per heavy atom. The fraction of sp³-hybridized carbons (Fsp3) is 0.0476. The van der Waals surface area contributed by atoms with E-state index in [-0.39, 0.29) is 5.91 Å². The number of para-hydroxylation sites is 1. The van der Waals surface area contributed by atoms with E-state index in [9.17, 15) is 4.79 Å². The molecule has 138 valence electrons. The first-order valence-corrected chi connectivity index (χ1v) is 9.34. The standard InChI is InChI=1S/C21H13Cl2N3O2/c22-14-10-8-13(9-11-14)19-25-28-21(26(19)16-5-3-4-15(23)12-16)17-6-1-2-7-18(17)24-20(21)27/h1-12H,(H,24,27)/t21-/m0/s1. The molecule has 2 heterocycles. The molecule has 0 radical (unpaired) electrons. The van der Waals surface area contributed by atoms with E-state index in [1.54, 1.807) is 29.2 Å². The Balaban J connectivity index is 1.73. The second-order valence-electron chi connectivity index (χ2n) is 6.47. The van der Waals surface area contributed by atoms with Crippen LogP contribution >= 0.6 is 23.2 Å². The van der Waals surface area contributed by atoms with E-state index >= 15 is 0 Å². The van der Waals surface area contributed by atoms with Gasteiger partial charge < -0.3 is 10.2 Å². The predicted molar refractivity (Wildman–Crippen MR) is 110 cm³/mol. The minimum atomic E-state index is -1.45. The number of oxime groups is 1. The highest BCUT2D eigenvalue weighted by molar-refractivity contribution is 6.31. The Morgan fingerprint density at radius 1 is 0.929 bits per heavy atom. The van der Waals surface area contributed by atoms with Crippen LogP contribution in [-0.2, 0) is 15.4 Å². The molecule has 28 heavy (non-hydrogen) atoms. The number of carbonyl (C=O) groups is 1. The van der Waals surface area contributed by atoms with Gasteiger partial charge in [0.15, 0.2) is 5.84 Å². The van der Waals surface area contributed by atoms with Gasteiger partial charge in [0, 0.05) is 21.3 Å². The molecule has 1 amide bonds. The average molecular weight is 410 g/mol. The van der Waals surface area contributed by atoms with Crippen LogP contribution in [0.15, 0.2) is 78.0 Å². The zero-order chi connectivity index (χ0) is 19.3. The summed E-state index contributed by atoms with van der Waals surface area (Å²) in [7, 11) is 0. The van der Waals surface area contributed by atoms with Crippen molar-refractivity contribution in [3.63, 3.8) is 0 Å². The van der Waals surface area contributed by atoms with Crippen LogP contribution in [0.5, 0.6) is 0 Å². The van der Waals surface area contributed by atoms with E-state index in [4.69, 9.17) is 28.0 Å². The summed E-state index contributed by atoms with van der Waals surface area (Å²) in [4.78, 5) is 20.8. The van der Waals surface area contributed by atoms with E-state index < -0.39 is 5.72 Å². The second kappa shape index (κ2) is 6.26. The highest BCUT2D eigenvalue weighted by atomic mass is 35.5. The molecule has 0 aliphatic carbocycles. The first-order valence-electron chi connectivity index (χ1n) is 8.58. The number of benzene rings is 3. The highest BCUT2D eigenvalue weighted by Gasteiger charge is 2.59. The van der Waals surface area contributed by atoms with Crippen LogP contribution in [0.3, 0.4) is 0 Å². The topological polar surface area (TPSA) is 53.9 Å². The average Bonchev–Trinajstić information content (AvgIpc) is 3.22. The molecule has 0 aromatic heterocycles. The van der Waals surface area contributed by atoms with Gasteiger partial charge in [-0.3, -0.25) is 9.69 Å². The van der Waals surface area contributed by atoms with Crippen LogP contribution in [0.4, 0.5) is 11.4 Å². The van der Waals surface area contributed by atoms with Crippen molar-refractivity contribution in [1.29, 1.82) is 0 Å². The summed E-state index contributed by atoms with van der Waals surface area (Å²) in [5.74, 6) is 0.173. The van der Waals surface area contributed by atoms with Crippen molar-refractivity contribution in [3.05, 3.63) is 94.0 Å². The summed E-state index contributed by atoms with van der Waals surface area (Å²) in [6.45, 7) is 0. The molecule has 0 bridgehead atoms. The van der Waals surface area contributed by atoms with Crippen LogP contribution in [0, 0.1) is 0 Å². The van der Waals surface area contributed by atoms with Gasteiger partial charge in [0.1, 0.15) is 0 Å². The van der Waals surface area contributed by atoms with Crippen LogP contribution < -0.4 is 10.2 Å². The van der Waals surface area contributed by atoms with Crippen LogP contribution in [0.25, 0.3) is 0 Å². The Hall–Kier alpha value is -3.02. The number of amidine groups is 1. The quantitative estimate of drug-likeness (QED) is 0.647. The van der Waals surface area contributed by atoms with Crippen LogP contribution in [0.2, 0.25) is 10.0 Å². The third kappa shape index (κ3) is 2.40. The van der Waals surface area contributed by atoms with E-state index in [0.29, 0.717) is 32.8 Å². The largest absolute Gasteiger partial charge is 0.349 e. The maximum atomic E-state index is 13.1. The third-order valence-electron chi connectivity index (χ3n) is 4.81. The molecular weight excluding hydrogens is 397 g/mol. The Morgan fingerprint density at radius 3 is 2.50 bits per heavy atom. The number of nitrogens with one attached hydrogen (secondary N) is 1. The zero-order valence-corrected chi connectivity index (χ0v) is 15.9. The van der Waals surface area contributed by atoms with Gasteiger partial charge in [-0.2, -0.15) is 0 Å². The smallest absolute Gasteiger partial charge is 0.322 e. The van der Waals surface area contributed by atoms with Crippen molar-refractivity contribution >= 4 is 46.3 Å². The number of hydrogen-bond acceptors (Lipinski definition) is 4. The van der Waals surface area contributed by atoms with E-state index in [2.05, 4.69) is 10.5 Å². The molecule has 7 heteroatoms. The molecule has 3 aromatic rings. The number of anilines is 2. The monoisotopic (exact) mass is 409 g/mol. The lowest BCUT2D eigenvalue weighted by Crippen LogP contribution is -2.51. The van der Waals surface area contributed by atoms with Gasteiger partial charge in [-0.1, -0.05) is 52.6 Å². The summed E-state index contributed by atoms with van der Waals surface area (Å²) in [6, 6.07) is 21.8. The van der Waals surface area contributed by atoms with E-state index in [1.807, 2.05) is 48.5 Å². The van der Waals surface area contributed by atoms with Gasteiger partial charge in [-0.25, -0.2) is 0 Å². The van der Waals surface area contributed by atoms with Gasteiger partial charge in [0.25, 0.3) is 5.91 Å². The van der Waals surface area contributed by atoms with Gasteiger partial charge >= 0.3 is 5.72 Å². The fourth-order valence-electron chi connectivity index (χ4n) is 3.57. The Kier molecular flexibility index (Phi) is 3.82. The molecule has 5 nitrogen and oxygen atoms in total. The number of fused-ring (bicyclic) bond motifs is 2. The molecular formula is C21H13Cl2N3O2. The molecule has 1 N–H and O–H groups in total. The molecule has 0 fully saturated rings. The minimum absolute atomic E-state index is 0.318. The fourth-order valence-corrected chi connectivity index (χ4v) is 3.88. The number of nitrogens with zero attached hydrogens (tertiary/aromatic N) is 2. The summed E-state index contributed by atoms with van der Waals surface area (Å²) in [5, 5.41) is 8.35. The molecule has 0 saturated heterocycles. The zero-order valence-electron chi connectivity index (χ0n) is 14.4. The van der Waals surface area contributed by atoms with Crippen molar-refractivity contribution in [3.8, 4) is 0 Å². The molecule has 0 unspecified atom stereocenters. The predicted octanol–water partition coefficient (Wildman–Crippen LogP) is 5.00. The molecule has 0 saturated carbocycles. The highest BCUT2D eigenvalue weighted by Crippen LogP contribution is 2.47. The van der Waals surface area contributed by atoms with Gasteiger partial charge in [-0.15, -0.1) is 0 Å². The van der Waals surface area contributed by atoms with Crippen molar-refractivity contribution in [2.24, 2.45) is 5.16 Å². The van der Waals surface area contributed by atoms with Gasteiger partial charge in [0.2, 0.25) is 0 Å². The van der Waals surface area contributed by atoms with Crippen molar-refractivity contribution < 1.29 is 9.63 Å². The summed E-state index contributed by atoms with van der Waals surface area (Å²) in [6.07, 6.45) is 0. The number of amides is 1. The summed E-state index contributed by atoms with van der Waals surface area (Å²) in [5.41, 5.74) is 1.37. The van der Waals surface area contributed by atoms with Crippen molar-refractivity contribution in [2.45, 2.75) is 5.72 Å². The molecule has 1 spiro atoms. The third-order valence-corrected chi connectivity index (χ3v) is 5.29. The van der Waals surface area contributed by atoms with Crippen LogP contribution in [-0.4, -0.2) is 11.7 Å². The molecule has 2 aliphatic rings. The van der Waals surface area contributed by atoms with Crippen molar-refractivity contribution in [2.75, 3.05) is 10.2 Å². The van der Waals surface area contributed by atoms with Gasteiger partial charge in [0.05, 0.1) is 11.3 Å². The lowest BCUT2D eigenvalue weighted by Gasteiger charge is -2.32. The second-order valence-corrected chi connectivity index (χ2v) is 7.34. The Bertz CT molecular complexity index is 1130. The molecule has 5 rings (SSSR count). The van der Waals surface area contributed by atoms with Gasteiger partial charge in [-0.05, 0) is 48.5 Å². The van der Waals surface area contributed by atoms with Crippen LogP contribution in [0.1, 0.15) is 11.1 Å². The van der Waals surface area contributed by atoms with E-state index in [0.717, 1.165) is 5.56 Å². The van der Waals surface area contributed by atoms with E-state index in [1.165, 1.54) is 0 Å². The lowest BCUT2D eigenvalue weighted by molar-refractivity contribution is -0.137. The number of carbonyl (C=O) groups excluding carboxylic acids is 1. The lowest BCUT2D eigenvalue weighted by atomic mass is 10.00. The number of rotatable bonds is 2. The first kappa shape index (κ1) is 17.1. The number of hydrogen-bond donors (Lipinski definition) is 1. The Labute approximate surface area is 171 Å².